The molecule has 0 N–H and O–H groups in total. The first-order valence-electron chi connectivity index (χ1n) is 10.8. The molecule has 1 fully saturated rings. The molecule has 3 rings (SSSR count). The Hall–Kier alpha value is -1.98. The van der Waals surface area contributed by atoms with Crippen molar-refractivity contribution < 1.29 is 13.2 Å². The lowest BCUT2D eigenvalue weighted by atomic mass is 9.89. The van der Waals surface area contributed by atoms with Gasteiger partial charge in [0.05, 0.1) is 4.90 Å². The number of Topliss-reactive ketones (excluding diaryl/α,β-unsaturated/α-hetero) is 1. The van der Waals surface area contributed by atoms with Gasteiger partial charge < -0.3 is 0 Å². The fourth-order valence-electron chi connectivity index (χ4n) is 4.09. The lowest BCUT2D eigenvalue weighted by molar-refractivity contribution is 0.0981. The van der Waals surface area contributed by atoms with E-state index in [9.17, 15) is 13.2 Å². The minimum absolute atomic E-state index is 0.0597. The molecule has 2 aromatic rings. The van der Waals surface area contributed by atoms with Crippen molar-refractivity contribution in [2.24, 2.45) is 0 Å². The summed E-state index contributed by atoms with van der Waals surface area (Å²) in [5.74, 6) is 0.293. The number of benzene rings is 2. The van der Waals surface area contributed by atoms with Gasteiger partial charge in [-0.05, 0) is 41.4 Å². The van der Waals surface area contributed by atoms with Crippen LogP contribution >= 0.6 is 0 Å². The number of rotatable bonds is 7. The summed E-state index contributed by atoms with van der Waals surface area (Å²) in [5.41, 5.74) is 3.39. The Morgan fingerprint density at radius 2 is 1.37 bits per heavy atom. The highest BCUT2D eigenvalue weighted by atomic mass is 32.2. The van der Waals surface area contributed by atoms with Crippen LogP contribution < -0.4 is 0 Å². The second kappa shape index (κ2) is 8.27. The minimum atomic E-state index is -3.80. The summed E-state index contributed by atoms with van der Waals surface area (Å²) in [4.78, 5) is 13.4. The molecule has 0 radical (unpaired) electrons. The van der Waals surface area contributed by atoms with Crippen molar-refractivity contribution in [1.82, 2.24) is 4.31 Å². The van der Waals surface area contributed by atoms with Crippen molar-refractivity contribution in [3.8, 4) is 0 Å². The highest BCUT2D eigenvalue weighted by Gasteiger charge is 2.57. The predicted molar refractivity (Wildman–Crippen MR) is 122 cm³/mol. The van der Waals surface area contributed by atoms with Crippen LogP contribution in [0, 0.1) is 0 Å². The van der Waals surface area contributed by atoms with E-state index in [2.05, 4.69) is 13.8 Å². The lowest BCUT2D eigenvalue weighted by Crippen LogP contribution is -2.23. The summed E-state index contributed by atoms with van der Waals surface area (Å²) in [5, 5.41) is 0. The smallest absolute Gasteiger partial charge is 0.244 e. The molecule has 0 bridgehead atoms. The van der Waals surface area contributed by atoms with E-state index >= 15 is 0 Å². The van der Waals surface area contributed by atoms with Crippen LogP contribution in [0.5, 0.6) is 0 Å². The highest BCUT2D eigenvalue weighted by molar-refractivity contribution is 7.89. The third-order valence-corrected chi connectivity index (χ3v) is 8.09. The Kier molecular flexibility index (Phi) is 6.26. The number of hydrogen-bond donors (Lipinski definition) is 0. The molecule has 5 heteroatoms. The quantitative estimate of drug-likeness (QED) is 0.421. The van der Waals surface area contributed by atoms with Gasteiger partial charge in [-0.15, -0.1) is 0 Å². The van der Waals surface area contributed by atoms with E-state index < -0.39 is 16.1 Å². The normalized spacial score (nSPS) is 21.5. The molecule has 0 aromatic heterocycles. The number of nitrogens with zero attached hydrogens (tertiary/aromatic N) is 1. The molecule has 3 atom stereocenters. The van der Waals surface area contributed by atoms with Gasteiger partial charge in [-0.3, -0.25) is 4.79 Å². The van der Waals surface area contributed by atoms with Crippen molar-refractivity contribution in [3.05, 3.63) is 64.7 Å². The maximum atomic E-state index is 13.9. The Morgan fingerprint density at radius 1 is 0.867 bits per heavy atom. The summed E-state index contributed by atoms with van der Waals surface area (Å²) in [6.45, 7) is 14.2. The molecule has 1 aliphatic rings. The standard InChI is InChI=1S/C25H33NO3S/c1-15(2)20-13-21(16(3)4)25(22(14-20)17(5)6)30(28,29)26-18(7)23(26)24(27)19-11-9-8-10-12-19/h8-18,23H,1-7H3/t18-,23+,26?/m1/s1. The Labute approximate surface area is 181 Å². The van der Waals surface area contributed by atoms with E-state index in [0.29, 0.717) is 16.4 Å². The van der Waals surface area contributed by atoms with Crippen LogP contribution in [-0.2, 0) is 10.0 Å². The summed E-state index contributed by atoms with van der Waals surface area (Å²) in [6, 6.07) is 12.0. The van der Waals surface area contributed by atoms with Crippen molar-refractivity contribution in [2.75, 3.05) is 0 Å². The second-order valence-electron chi connectivity index (χ2n) is 9.24. The molecule has 0 saturated carbocycles. The first-order valence-corrected chi connectivity index (χ1v) is 12.2. The fourth-order valence-corrected chi connectivity index (χ4v) is 6.56. The topological polar surface area (TPSA) is 54.2 Å². The van der Waals surface area contributed by atoms with Gasteiger partial charge in [0.2, 0.25) is 10.0 Å². The third kappa shape index (κ3) is 3.97. The monoisotopic (exact) mass is 427 g/mol. The summed E-state index contributed by atoms with van der Waals surface area (Å²) >= 11 is 0. The average molecular weight is 428 g/mol. The third-order valence-electron chi connectivity index (χ3n) is 5.98. The van der Waals surface area contributed by atoms with Gasteiger partial charge in [-0.2, -0.15) is 4.31 Å². The van der Waals surface area contributed by atoms with E-state index in [0.717, 1.165) is 16.7 Å². The van der Waals surface area contributed by atoms with E-state index in [1.54, 1.807) is 24.3 Å². The van der Waals surface area contributed by atoms with Crippen LogP contribution in [0.4, 0.5) is 0 Å². The lowest BCUT2D eigenvalue weighted by Gasteiger charge is -2.23. The maximum absolute atomic E-state index is 13.9. The Morgan fingerprint density at radius 3 is 1.80 bits per heavy atom. The molecule has 1 unspecified atom stereocenters. The van der Waals surface area contributed by atoms with Gasteiger partial charge in [0.25, 0.3) is 0 Å². The van der Waals surface area contributed by atoms with Crippen LogP contribution in [-0.4, -0.2) is 30.6 Å². The summed E-state index contributed by atoms with van der Waals surface area (Å²) < 4.78 is 29.1. The molecule has 1 aliphatic heterocycles. The van der Waals surface area contributed by atoms with Gasteiger partial charge in [-0.1, -0.05) is 84.0 Å². The zero-order valence-corrected chi connectivity index (χ0v) is 19.8. The van der Waals surface area contributed by atoms with Crippen molar-refractivity contribution in [3.63, 3.8) is 0 Å². The number of carbonyl (C=O) groups is 1. The number of sulfonamides is 1. The Balaban J connectivity index is 2.11. The molecular weight excluding hydrogens is 394 g/mol. The summed E-state index contributed by atoms with van der Waals surface area (Å²) in [6.07, 6.45) is 0. The average Bonchev–Trinajstić information content (AvgIpc) is 3.38. The van der Waals surface area contributed by atoms with E-state index in [4.69, 9.17) is 0 Å². The number of hydrogen-bond acceptors (Lipinski definition) is 3. The zero-order chi connectivity index (χ0) is 22.4. The van der Waals surface area contributed by atoms with Gasteiger partial charge in [0, 0.05) is 11.6 Å². The van der Waals surface area contributed by atoms with E-state index in [1.807, 2.05) is 52.8 Å². The molecule has 0 aliphatic carbocycles. The molecule has 1 heterocycles. The maximum Gasteiger partial charge on any atom is 0.244 e. The van der Waals surface area contributed by atoms with Crippen LogP contribution in [0.3, 0.4) is 0 Å². The minimum Gasteiger partial charge on any atom is -0.292 e. The van der Waals surface area contributed by atoms with Gasteiger partial charge in [0.15, 0.2) is 5.78 Å². The van der Waals surface area contributed by atoms with Crippen molar-refractivity contribution in [2.45, 2.75) is 83.2 Å². The molecule has 2 aromatic carbocycles. The van der Waals surface area contributed by atoms with Crippen LogP contribution in [0.15, 0.2) is 47.4 Å². The SMILES string of the molecule is CC(C)c1cc(C(C)C)c(S(=O)(=O)N2[C@H](C)[C@H]2C(=O)c2ccccc2)c(C(C)C)c1. The molecule has 1 saturated heterocycles. The molecule has 0 spiro atoms. The highest BCUT2D eigenvalue weighted by Crippen LogP contribution is 2.43. The molecular formula is C25H33NO3S. The fraction of sp³-hybridized carbons (Fsp3) is 0.480. The first-order chi connectivity index (χ1) is 14.0. The van der Waals surface area contributed by atoms with Crippen LogP contribution in [0.2, 0.25) is 0 Å². The van der Waals surface area contributed by atoms with E-state index in [1.165, 1.54) is 4.31 Å². The van der Waals surface area contributed by atoms with Crippen molar-refractivity contribution >= 4 is 15.8 Å². The Bertz CT molecular complexity index is 1010. The summed E-state index contributed by atoms with van der Waals surface area (Å²) in [7, 11) is -3.80. The number of carbonyl (C=O) groups excluding carboxylic acids is 1. The van der Waals surface area contributed by atoms with Gasteiger partial charge >= 0.3 is 0 Å². The van der Waals surface area contributed by atoms with Crippen molar-refractivity contribution in [1.29, 1.82) is 0 Å². The largest absolute Gasteiger partial charge is 0.292 e. The second-order valence-corrected chi connectivity index (χ2v) is 11.0. The van der Waals surface area contributed by atoms with Crippen LogP contribution in [0.1, 0.15) is 93.3 Å². The predicted octanol–water partition coefficient (Wildman–Crippen LogP) is 5.70. The molecule has 4 nitrogen and oxygen atoms in total. The van der Waals surface area contributed by atoms with E-state index in [-0.39, 0.29) is 23.7 Å². The van der Waals surface area contributed by atoms with Gasteiger partial charge in [-0.25, -0.2) is 8.42 Å². The molecule has 0 amide bonds. The molecule has 30 heavy (non-hydrogen) atoms. The van der Waals surface area contributed by atoms with Crippen LogP contribution in [0.25, 0.3) is 0 Å². The number of ketones is 1. The van der Waals surface area contributed by atoms with Gasteiger partial charge in [0.1, 0.15) is 6.04 Å². The molecule has 162 valence electrons. The first kappa shape index (κ1) is 22.7. The zero-order valence-electron chi connectivity index (χ0n) is 19.0.